The molecule has 0 spiro atoms. The molecule has 0 saturated carbocycles. The lowest BCUT2D eigenvalue weighted by Gasteiger charge is -2.15. The average Bonchev–Trinajstić information content (AvgIpc) is 2.35. The maximum atomic E-state index is 11.6. The summed E-state index contributed by atoms with van der Waals surface area (Å²) in [6, 6.07) is 4.36. The lowest BCUT2D eigenvalue weighted by molar-refractivity contribution is -0.384. The van der Waals surface area contributed by atoms with Crippen molar-refractivity contribution < 1.29 is 9.72 Å². The first-order chi connectivity index (χ1) is 8.45. The van der Waals surface area contributed by atoms with E-state index in [2.05, 4.69) is 21.2 Å². The molecule has 1 N–H and O–H groups in total. The first-order valence-electron chi connectivity index (χ1n) is 5.37. The predicted octanol–water partition coefficient (Wildman–Crippen LogP) is 2.25. The quantitative estimate of drug-likeness (QED) is 0.668. The molecule has 0 atom stereocenters. The second kappa shape index (κ2) is 6.34. The third kappa shape index (κ3) is 3.69. The SMILES string of the molecule is CCN(C)C(=O)CNc1ccc([N+](=O)[O-])cc1Br. The fourth-order valence-electron chi connectivity index (χ4n) is 1.24. The molecule has 0 aliphatic rings. The molecule has 98 valence electrons. The molecule has 0 heterocycles. The van der Waals surface area contributed by atoms with Crippen LogP contribution in [0.1, 0.15) is 6.92 Å². The molecule has 1 aromatic carbocycles. The molecule has 18 heavy (non-hydrogen) atoms. The molecule has 6 nitrogen and oxygen atoms in total. The number of likely N-dealkylation sites (N-methyl/N-ethyl adjacent to an activating group) is 1. The van der Waals surface area contributed by atoms with Crippen LogP contribution >= 0.6 is 15.9 Å². The van der Waals surface area contributed by atoms with Gasteiger partial charge in [0.2, 0.25) is 5.91 Å². The number of nitro groups is 1. The van der Waals surface area contributed by atoms with Gasteiger partial charge in [-0.1, -0.05) is 0 Å². The monoisotopic (exact) mass is 315 g/mol. The zero-order chi connectivity index (χ0) is 13.7. The van der Waals surface area contributed by atoms with Gasteiger partial charge in [0.25, 0.3) is 5.69 Å². The first-order valence-corrected chi connectivity index (χ1v) is 6.16. The van der Waals surface area contributed by atoms with Gasteiger partial charge in [0, 0.05) is 35.9 Å². The Bertz CT molecular complexity index is 465. The van der Waals surface area contributed by atoms with Crippen molar-refractivity contribution >= 4 is 33.2 Å². The van der Waals surface area contributed by atoms with Gasteiger partial charge < -0.3 is 10.2 Å². The van der Waals surface area contributed by atoms with Crippen LogP contribution in [0.4, 0.5) is 11.4 Å². The van der Waals surface area contributed by atoms with Crippen LogP contribution in [0.5, 0.6) is 0 Å². The summed E-state index contributed by atoms with van der Waals surface area (Å²) in [6.45, 7) is 2.68. The van der Waals surface area contributed by atoms with Crippen molar-refractivity contribution in [3.8, 4) is 0 Å². The summed E-state index contributed by atoms with van der Waals surface area (Å²) in [5.74, 6) is -0.0391. The number of non-ortho nitro benzene ring substituents is 1. The van der Waals surface area contributed by atoms with Crippen LogP contribution in [0, 0.1) is 10.1 Å². The minimum Gasteiger partial charge on any atom is -0.375 e. The fraction of sp³-hybridized carbons (Fsp3) is 0.364. The third-order valence-electron chi connectivity index (χ3n) is 2.49. The Labute approximate surface area is 113 Å². The van der Waals surface area contributed by atoms with E-state index >= 15 is 0 Å². The standard InChI is InChI=1S/C11H14BrN3O3/c1-3-14(2)11(16)7-13-10-5-4-8(15(17)18)6-9(10)12/h4-6,13H,3,7H2,1-2H3. The van der Waals surface area contributed by atoms with E-state index in [1.165, 1.54) is 12.1 Å². The van der Waals surface area contributed by atoms with E-state index in [0.29, 0.717) is 16.7 Å². The number of hydrogen-bond donors (Lipinski definition) is 1. The van der Waals surface area contributed by atoms with E-state index in [-0.39, 0.29) is 18.1 Å². The highest BCUT2D eigenvalue weighted by Crippen LogP contribution is 2.26. The highest BCUT2D eigenvalue weighted by atomic mass is 79.9. The highest BCUT2D eigenvalue weighted by molar-refractivity contribution is 9.10. The van der Waals surface area contributed by atoms with E-state index in [4.69, 9.17) is 0 Å². The Morgan fingerprint density at radius 2 is 2.22 bits per heavy atom. The summed E-state index contributed by atoms with van der Waals surface area (Å²) < 4.78 is 0.559. The summed E-state index contributed by atoms with van der Waals surface area (Å²) in [5, 5.41) is 13.5. The van der Waals surface area contributed by atoms with Gasteiger partial charge in [-0.25, -0.2) is 0 Å². The summed E-state index contributed by atoms with van der Waals surface area (Å²) >= 11 is 3.23. The second-order valence-electron chi connectivity index (χ2n) is 3.68. The van der Waals surface area contributed by atoms with Crippen LogP contribution < -0.4 is 5.32 Å². The molecule has 7 heteroatoms. The predicted molar refractivity (Wildman–Crippen MR) is 72.6 cm³/mol. The Hall–Kier alpha value is -1.63. The number of hydrogen-bond acceptors (Lipinski definition) is 4. The maximum absolute atomic E-state index is 11.6. The normalized spacial score (nSPS) is 9.94. The summed E-state index contributed by atoms with van der Waals surface area (Å²) in [7, 11) is 1.72. The van der Waals surface area contributed by atoms with Crippen LogP contribution in [0.3, 0.4) is 0 Å². The molecule has 0 aromatic heterocycles. The molecule has 0 radical (unpaired) electrons. The maximum Gasteiger partial charge on any atom is 0.270 e. The van der Waals surface area contributed by atoms with Gasteiger partial charge in [-0.2, -0.15) is 0 Å². The molecule has 1 aromatic rings. The zero-order valence-corrected chi connectivity index (χ0v) is 11.7. The smallest absolute Gasteiger partial charge is 0.270 e. The van der Waals surface area contributed by atoms with Crippen molar-refractivity contribution in [1.29, 1.82) is 0 Å². The van der Waals surface area contributed by atoms with Crippen molar-refractivity contribution in [3.05, 3.63) is 32.8 Å². The van der Waals surface area contributed by atoms with Gasteiger partial charge >= 0.3 is 0 Å². The summed E-state index contributed by atoms with van der Waals surface area (Å²) in [4.78, 5) is 23.3. The largest absolute Gasteiger partial charge is 0.375 e. The van der Waals surface area contributed by atoms with E-state index in [1.807, 2.05) is 6.92 Å². The molecule has 0 unspecified atom stereocenters. The van der Waals surface area contributed by atoms with Crippen molar-refractivity contribution in [3.63, 3.8) is 0 Å². The van der Waals surface area contributed by atoms with Crippen molar-refractivity contribution in [2.75, 3.05) is 25.5 Å². The molecule has 1 amide bonds. The Morgan fingerprint density at radius 1 is 1.56 bits per heavy atom. The number of amides is 1. The molecule has 0 aliphatic carbocycles. The summed E-state index contributed by atoms with van der Waals surface area (Å²) in [5.41, 5.74) is 0.655. The second-order valence-corrected chi connectivity index (χ2v) is 4.54. The molecular formula is C11H14BrN3O3. The van der Waals surface area contributed by atoms with Crippen molar-refractivity contribution in [2.45, 2.75) is 6.92 Å². The minimum atomic E-state index is -0.468. The zero-order valence-electron chi connectivity index (χ0n) is 10.1. The highest BCUT2D eigenvalue weighted by Gasteiger charge is 2.11. The number of halogens is 1. The molecule has 1 rings (SSSR count). The van der Waals surface area contributed by atoms with Crippen LogP contribution in [0.15, 0.2) is 22.7 Å². The van der Waals surface area contributed by atoms with Crippen LogP contribution in [0.2, 0.25) is 0 Å². The molecule has 0 bridgehead atoms. The van der Waals surface area contributed by atoms with Crippen LogP contribution in [-0.2, 0) is 4.79 Å². The Morgan fingerprint density at radius 3 is 2.72 bits per heavy atom. The Kier molecular flexibility index (Phi) is 5.08. The van der Waals surface area contributed by atoms with Gasteiger partial charge in [0.05, 0.1) is 11.5 Å². The van der Waals surface area contributed by atoms with Crippen molar-refractivity contribution in [1.82, 2.24) is 4.90 Å². The molecular weight excluding hydrogens is 302 g/mol. The van der Waals surface area contributed by atoms with E-state index in [9.17, 15) is 14.9 Å². The molecule has 0 aliphatic heterocycles. The average molecular weight is 316 g/mol. The van der Waals surface area contributed by atoms with Gasteiger partial charge in [0.1, 0.15) is 0 Å². The number of nitrogens with one attached hydrogen (secondary N) is 1. The number of benzene rings is 1. The van der Waals surface area contributed by atoms with Gasteiger partial charge in [-0.05, 0) is 28.9 Å². The molecule has 0 fully saturated rings. The lowest BCUT2D eigenvalue weighted by atomic mass is 10.3. The number of nitrogens with zero attached hydrogens (tertiary/aromatic N) is 2. The Balaban J connectivity index is 2.69. The van der Waals surface area contributed by atoms with Crippen molar-refractivity contribution in [2.24, 2.45) is 0 Å². The molecule has 0 saturated heterocycles. The van der Waals surface area contributed by atoms with E-state index < -0.39 is 4.92 Å². The number of carbonyl (C=O) groups excluding carboxylic acids is 1. The number of carbonyl (C=O) groups is 1. The van der Waals surface area contributed by atoms with Gasteiger partial charge in [-0.3, -0.25) is 14.9 Å². The first kappa shape index (κ1) is 14.4. The van der Waals surface area contributed by atoms with E-state index in [1.54, 1.807) is 18.0 Å². The number of rotatable bonds is 5. The van der Waals surface area contributed by atoms with Crippen LogP contribution in [0.25, 0.3) is 0 Å². The van der Waals surface area contributed by atoms with Gasteiger partial charge in [-0.15, -0.1) is 0 Å². The third-order valence-corrected chi connectivity index (χ3v) is 3.15. The fourth-order valence-corrected chi connectivity index (χ4v) is 1.75. The summed E-state index contributed by atoms with van der Waals surface area (Å²) in [6.07, 6.45) is 0. The number of nitro benzene ring substituents is 1. The van der Waals surface area contributed by atoms with Gasteiger partial charge in [0.15, 0.2) is 0 Å². The number of anilines is 1. The van der Waals surface area contributed by atoms with Crippen LogP contribution in [-0.4, -0.2) is 35.9 Å². The lowest BCUT2D eigenvalue weighted by Crippen LogP contribution is -2.31. The topological polar surface area (TPSA) is 75.5 Å². The minimum absolute atomic E-state index is 0.00410. The van der Waals surface area contributed by atoms with E-state index in [0.717, 1.165) is 0 Å².